The standard InChI is InChI=1S/C14H25N3O2/c1-11(2)14-16-12(3)10-13(17-14)15-6-5-7-19-9-8-18-4/h10-11H,5-9H2,1-4H3,(H,15,16,17). The molecule has 0 bridgehead atoms. The van der Waals surface area contributed by atoms with Crippen molar-refractivity contribution in [3.63, 3.8) is 0 Å². The van der Waals surface area contributed by atoms with Gasteiger partial charge in [-0.25, -0.2) is 9.97 Å². The summed E-state index contributed by atoms with van der Waals surface area (Å²) in [6.07, 6.45) is 0.948. The highest BCUT2D eigenvalue weighted by molar-refractivity contribution is 5.36. The molecule has 0 spiro atoms. The van der Waals surface area contributed by atoms with Gasteiger partial charge in [-0.15, -0.1) is 0 Å². The minimum absolute atomic E-state index is 0.345. The normalized spacial score (nSPS) is 11.0. The van der Waals surface area contributed by atoms with Crippen LogP contribution in [-0.4, -0.2) is 43.4 Å². The molecule has 1 rings (SSSR count). The third-order valence-electron chi connectivity index (χ3n) is 2.59. The molecular formula is C14H25N3O2. The molecule has 0 aliphatic heterocycles. The molecule has 0 aliphatic carbocycles. The second-order valence-corrected chi connectivity index (χ2v) is 4.79. The molecule has 5 nitrogen and oxygen atoms in total. The summed E-state index contributed by atoms with van der Waals surface area (Å²) >= 11 is 0. The largest absolute Gasteiger partial charge is 0.382 e. The highest BCUT2D eigenvalue weighted by Crippen LogP contribution is 2.13. The Morgan fingerprint density at radius 3 is 2.68 bits per heavy atom. The number of hydrogen-bond donors (Lipinski definition) is 1. The lowest BCUT2D eigenvalue weighted by Crippen LogP contribution is -2.10. The molecule has 0 amide bonds. The van der Waals surface area contributed by atoms with Crippen molar-refractivity contribution in [2.24, 2.45) is 0 Å². The first kappa shape index (κ1) is 15.9. The molecule has 0 saturated heterocycles. The summed E-state index contributed by atoms with van der Waals surface area (Å²) in [5.41, 5.74) is 0.998. The minimum Gasteiger partial charge on any atom is -0.382 e. The Morgan fingerprint density at radius 2 is 2.00 bits per heavy atom. The Labute approximate surface area is 115 Å². The van der Waals surface area contributed by atoms with Gasteiger partial charge in [0.05, 0.1) is 13.2 Å². The predicted octanol–water partition coefficient (Wildman–Crippen LogP) is 2.37. The van der Waals surface area contributed by atoms with Gasteiger partial charge in [0.25, 0.3) is 0 Å². The Bertz CT molecular complexity index is 370. The first-order valence-electron chi connectivity index (χ1n) is 6.79. The van der Waals surface area contributed by atoms with Crippen LogP contribution < -0.4 is 5.32 Å². The van der Waals surface area contributed by atoms with Crippen molar-refractivity contribution in [3.8, 4) is 0 Å². The summed E-state index contributed by atoms with van der Waals surface area (Å²) in [6, 6.07) is 1.97. The Balaban J connectivity index is 2.29. The van der Waals surface area contributed by atoms with E-state index in [0.29, 0.717) is 19.1 Å². The molecule has 108 valence electrons. The number of aryl methyl sites for hydroxylation is 1. The average molecular weight is 267 g/mol. The van der Waals surface area contributed by atoms with Gasteiger partial charge in [-0.05, 0) is 13.3 Å². The highest BCUT2D eigenvalue weighted by atomic mass is 16.5. The van der Waals surface area contributed by atoms with Gasteiger partial charge in [0.15, 0.2) is 0 Å². The number of ether oxygens (including phenoxy) is 2. The zero-order valence-electron chi connectivity index (χ0n) is 12.4. The average Bonchev–Trinajstić information content (AvgIpc) is 2.37. The second kappa shape index (κ2) is 8.82. The summed E-state index contributed by atoms with van der Waals surface area (Å²) in [5, 5.41) is 3.31. The van der Waals surface area contributed by atoms with Crippen LogP contribution in [0.25, 0.3) is 0 Å². The first-order chi connectivity index (χ1) is 9.13. The van der Waals surface area contributed by atoms with Crippen LogP contribution in [0.1, 0.15) is 37.7 Å². The van der Waals surface area contributed by atoms with Gasteiger partial charge in [0.2, 0.25) is 0 Å². The fourth-order valence-electron chi connectivity index (χ4n) is 1.58. The van der Waals surface area contributed by atoms with Gasteiger partial charge in [-0.3, -0.25) is 0 Å². The number of nitrogens with zero attached hydrogens (tertiary/aromatic N) is 2. The van der Waals surface area contributed by atoms with Gasteiger partial charge in [0.1, 0.15) is 11.6 Å². The molecule has 19 heavy (non-hydrogen) atoms. The minimum atomic E-state index is 0.345. The van der Waals surface area contributed by atoms with Crippen LogP contribution in [0.2, 0.25) is 0 Å². The van der Waals surface area contributed by atoms with Crippen molar-refractivity contribution in [3.05, 3.63) is 17.6 Å². The molecule has 0 atom stereocenters. The van der Waals surface area contributed by atoms with E-state index in [1.54, 1.807) is 7.11 Å². The fourth-order valence-corrected chi connectivity index (χ4v) is 1.58. The van der Waals surface area contributed by atoms with E-state index in [4.69, 9.17) is 9.47 Å². The molecule has 0 aromatic carbocycles. The Kier molecular flexibility index (Phi) is 7.36. The van der Waals surface area contributed by atoms with Gasteiger partial charge in [-0.2, -0.15) is 0 Å². The second-order valence-electron chi connectivity index (χ2n) is 4.79. The SMILES string of the molecule is COCCOCCCNc1cc(C)nc(C(C)C)n1. The molecule has 1 heterocycles. The molecule has 0 aliphatic rings. The molecule has 1 N–H and O–H groups in total. The lowest BCUT2D eigenvalue weighted by Gasteiger charge is -2.10. The molecule has 0 fully saturated rings. The Hall–Kier alpha value is -1.20. The van der Waals surface area contributed by atoms with Crippen LogP contribution in [-0.2, 0) is 9.47 Å². The molecule has 0 saturated carbocycles. The molecule has 1 aromatic heterocycles. The third kappa shape index (κ3) is 6.50. The van der Waals surface area contributed by atoms with Crippen LogP contribution in [0.5, 0.6) is 0 Å². The number of aromatic nitrogens is 2. The van der Waals surface area contributed by atoms with E-state index in [-0.39, 0.29) is 0 Å². The number of rotatable bonds is 9. The van der Waals surface area contributed by atoms with Crippen LogP contribution in [0, 0.1) is 6.92 Å². The van der Waals surface area contributed by atoms with Gasteiger partial charge >= 0.3 is 0 Å². The van der Waals surface area contributed by atoms with E-state index in [9.17, 15) is 0 Å². The van der Waals surface area contributed by atoms with Crippen LogP contribution in [0.4, 0.5) is 5.82 Å². The van der Waals surface area contributed by atoms with E-state index in [0.717, 1.165) is 36.9 Å². The molecule has 1 aromatic rings. The fraction of sp³-hybridized carbons (Fsp3) is 0.714. The van der Waals surface area contributed by atoms with E-state index in [1.807, 2.05) is 13.0 Å². The predicted molar refractivity (Wildman–Crippen MR) is 76.7 cm³/mol. The van der Waals surface area contributed by atoms with E-state index < -0.39 is 0 Å². The third-order valence-corrected chi connectivity index (χ3v) is 2.59. The van der Waals surface area contributed by atoms with Gasteiger partial charge in [0, 0.05) is 37.9 Å². The van der Waals surface area contributed by atoms with Crippen LogP contribution in [0.15, 0.2) is 6.07 Å². The molecule has 5 heteroatoms. The molecular weight excluding hydrogens is 242 g/mol. The summed E-state index contributed by atoms with van der Waals surface area (Å²) in [5.74, 6) is 2.13. The number of methoxy groups -OCH3 is 1. The monoisotopic (exact) mass is 267 g/mol. The molecule has 0 radical (unpaired) electrons. The van der Waals surface area contributed by atoms with Crippen molar-refractivity contribution < 1.29 is 9.47 Å². The van der Waals surface area contributed by atoms with Gasteiger partial charge < -0.3 is 14.8 Å². The summed E-state index contributed by atoms with van der Waals surface area (Å²) in [6.45, 7) is 9.08. The van der Waals surface area contributed by atoms with Crippen molar-refractivity contribution in [1.29, 1.82) is 0 Å². The quantitative estimate of drug-likeness (QED) is 0.696. The van der Waals surface area contributed by atoms with Crippen molar-refractivity contribution in [2.45, 2.75) is 33.1 Å². The van der Waals surface area contributed by atoms with E-state index >= 15 is 0 Å². The smallest absolute Gasteiger partial charge is 0.133 e. The maximum Gasteiger partial charge on any atom is 0.133 e. The first-order valence-corrected chi connectivity index (χ1v) is 6.79. The highest BCUT2D eigenvalue weighted by Gasteiger charge is 2.05. The number of hydrogen-bond acceptors (Lipinski definition) is 5. The summed E-state index contributed by atoms with van der Waals surface area (Å²) in [7, 11) is 1.68. The maximum atomic E-state index is 5.40. The maximum absolute atomic E-state index is 5.40. The van der Waals surface area contributed by atoms with Crippen LogP contribution in [0.3, 0.4) is 0 Å². The topological polar surface area (TPSA) is 56.3 Å². The summed E-state index contributed by atoms with van der Waals surface area (Å²) < 4.78 is 10.3. The lowest BCUT2D eigenvalue weighted by molar-refractivity contribution is 0.0705. The van der Waals surface area contributed by atoms with Gasteiger partial charge in [-0.1, -0.05) is 13.8 Å². The summed E-state index contributed by atoms with van der Waals surface area (Å²) in [4.78, 5) is 8.92. The zero-order chi connectivity index (χ0) is 14.1. The van der Waals surface area contributed by atoms with E-state index in [1.165, 1.54) is 0 Å². The number of nitrogens with one attached hydrogen (secondary N) is 1. The number of anilines is 1. The lowest BCUT2D eigenvalue weighted by atomic mass is 10.2. The zero-order valence-corrected chi connectivity index (χ0v) is 12.4. The van der Waals surface area contributed by atoms with Crippen molar-refractivity contribution >= 4 is 5.82 Å². The molecule has 0 unspecified atom stereocenters. The van der Waals surface area contributed by atoms with E-state index in [2.05, 4.69) is 29.1 Å². The van der Waals surface area contributed by atoms with Crippen molar-refractivity contribution in [1.82, 2.24) is 9.97 Å². The van der Waals surface area contributed by atoms with Crippen LogP contribution >= 0.6 is 0 Å². The van der Waals surface area contributed by atoms with Crippen molar-refractivity contribution in [2.75, 3.05) is 38.8 Å². The Morgan fingerprint density at radius 1 is 1.21 bits per heavy atom.